The molecule has 0 aliphatic carbocycles. The highest BCUT2D eigenvalue weighted by molar-refractivity contribution is 5.63. The molecule has 0 amide bonds. The van der Waals surface area contributed by atoms with Gasteiger partial charge in [0.25, 0.3) is 0 Å². The van der Waals surface area contributed by atoms with E-state index in [0.29, 0.717) is 11.6 Å². The zero-order chi connectivity index (χ0) is 14.0. The summed E-state index contributed by atoms with van der Waals surface area (Å²) in [6, 6.07) is 9.64. The average molecular weight is 262 g/mol. The maximum atomic E-state index is 13.6. The maximum absolute atomic E-state index is 13.6. The van der Waals surface area contributed by atoms with E-state index in [4.69, 9.17) is 5.73 Å². The van der Waals surface area contributed by atoms with Crippen LogP contribution in [0.2, 0.25) is 0 Å². The second-order valence-electron chi connectivity index (χ2n) is 4.76. The second-order valence-corrected chi connectivity index (χ2v) is 4.76. The van der Waals surface area contributed by atoms with E-state index in [1.807, 2.05) is 12.1 Å². The number of nitrogens with two attached hydrogens (primary N) is 1. The van der Waals surface area contributed by atoms with Crippen LogP contribution in [-0.4, -0.2) is 0 Å². The van der Waals surface area contributed by atoms with Crippen LogP contribution in [-0.2, 0) is 0 Å². The maximum Gasteiger partial charge on any atom is 0.151 e. The SMILES string of the molecule is CC(C)c1ccc(Nc2c(F)cc(N)cc2F)cc1. The molecule has 0 unspecified atom stereocenters. The molecule has 2 rings (SSSR count). The van der Waals surface area contributed by atoms with Crippen LogP contribution in [0.25, 0.3) is 0 Å². The van der Waals surface area contributed by atoms with Gasteiger partial charge < -0.3 is 11.1 Å². The molecule has 3 N–H and O–H groups in total. The summed E-state index contributed by atoms with van der Waals surface area (Å²) in [5, 5.41) is 2.73. The summed E-state index contributed by atoms with van der Waals surface area (Å²) >= 11 is 0. The Labute approximate surface area is 111 Å². The highest BCUT2D eigenvalue weighted by atomic mass is 19.1. The van der Waals surface area contributed by atoms with Crippen molar-refractivity contribution in [2.75, 3.05) is 11.1 Å². The van der Waals surface area contributed by atoms with Gasteiger partial charge in [-0.2, -0.15) is 0 Å². The quantitative estimate of drug-likeness (QED) is 0.804. The lowest BCUT2D eigenvalue weighted by Crippen LogP contribution is -2.00. The van der Waals surface area contributed by atoms with Crippen LogP contribution in [0, 0.1) is 11.6 Å². The van der Waals surface area contributed by atoms with Gasteiger partial charge in [0.1, 0.15) is 5.69 Å². The Balaban J connectivity index is 2.26. The Hall–Kier alpha value is -2.10. The zero-order valence-corrected chi connectivity index (χ0v) is 10.9. The van der Waals surface area contributed by atoms with Crippen molar-refractivity contribution >= 4 is 17.1 Å². The Kier molecular flexibility index (Phi) is 3.69. The molecule has 100 valence electrons. The van der Waals surface area contributed by atoms with Gasteiger partial charge in [-0.05, 0) is 35.7 Å². The molecule has 0 fully saturated rings. The fourth-order valence-corrected chi connectivity index (χ4v) is 1.81. The Morgan fingerprint density at radius 3 is 2.00 bits per heavy atom. The van der Waals surface area contributed by atoms with E-state index in [9.17, 15) is 8.78 Å². The zero-order valence-electron chi connectivity index (χ0n) is 10.9. The molecular formula is C15H16F2N2. The topological polar surface area (TPSA) is 38.0 Å². The van der Waals surface area contributed by atoms with Crippen LogP contribution < -0.4 is 11.1 Å². The average Bonchev–Trinajstić information content (AvgIpc) is 2.34. The minimum Gasteiger partial charge on any atom is -0.399 e. The third kappa shape index (κ3) is 3.02. The number of hydrogen-bond donors (Lipinski definition) is 2. The molecule has 0 heterocycles. The molecule has 0 saturated heterocycles. The minimum atomic E-state index is -0.703. The van der Waals surface area contributed by atoms with Gasteiger partial charge in [-0.1, -0.05) is 26.0 Å². The Morgan fingerprint density at radius 2 is 1.53 bits per heavy atom. The van der Waals surface area contributed by atoms with Crippen molar-refractivity contribution in [1.29, 1.82) is 0 Å². The van der Waals surface area contributed by atoms with Crippen LogP contribution in [0.1, 0.15) is 25.3 Å². The number of anilines is 3. The van der Waals surface area contributed by atoms with Crippen LogP contribution in [0.5, 0.6) is 0 Å². The number of nitrogen functional groups attached to an aromatic ring is 1. The van der Waals surface area contributed by atoms with E-state index >= 15 is 0 Å². The number of rotatable bonds is 3. The predicted octanol–water partition coefficient (Wildman–Crippen LogP) is 4.41. The molecule has 0 aliphatic heterocycles. The number of halogens is 2. The Morgan fingerprint density at radius 1 is 1.00 bits per heavy atom. The van der Waals surface area contributed by atoms with Gasteiger partial charge in [0, 0.05) is 11.4 Å². The lowest BCUT2D eigenvalue weighted by molar-refractivity contribution is 0.592. The van der Waals surface area contributed by atoms with E-state index in [-0.39, 0.29) is 11.4 Å². The van der Waals surface area contributed by atoms with Crippen molar-refractivity contribution in [3.8, 4) is 0 Å². The van der Waals surface area contributed by atoms with E-state index in [1.54, 1.807) is 12.1 Å². The highest BCUT2D eigenvalue weighted by Gasteiger charge is 2.10. The first-order valence-electron chi connectivity index (χ1n) is 6.09. The van der Waals surface area contributed by atoms with Crippen molar-refractivity contribution in [2.24, 2.45) is 0 Å². The number of hydrogen-bond acceptors (Lipinski definition) is 2. The molecule has 2 nitrogen and oxygen atoms in total. The first-order chi connectivity index (χ1) is 8.97. The summed E-state index contributed by atoms with van der Waals surface area (Å²) in [6.45, 7) is 4.17. The molecule has 0 aromatic heterocycles. The lowest BCUT2D eigenvalue weighted by atomic mass is 10.0. The summed E-state index contributed by atoms with van der Waals surface area (Å²) in [6.07, 6.45) is 0. The lowest BCUT2D eigenvalue weighted by Gasteiger charge is -2.11. The van der Waals surface area contributed by atoms with E-state index in [2.05, 4.69) is 19.2 Å². The van der Waals surface area contributed by atoms with Gasteiger partial charge >= 0.3 is 0 Å². The molecule has 19 heavy (non-hydrogen) atoms. The summed E-state index contributed by atoms with van der Waals surface area (Å²) < 4.78 is 27.2. The normalized spacial score (nSPS) is 10.8. The van der Waals surface area contributed by atoms with Crippen molar-refractivity contribution in [2.45, 2.75) is 19.8 Å². The van der Waals surface area contributed by atoms with Gasteiger partial charge in [-0.3, -0.25) is 0 Å². The van der Waals surface area contributed by atoms with Crippen molar-refractivity contribution < 1.29 is 8.78 Å². The predicted molar refractivity (Wildman–Crippen MR) is 74.6 cm³/mol. The first-order valence-corrected chi connectivity index (χ1v) is 6.09. The number of nitrogens with one attached hydrogen (secondary N) is 1. The van der Waals surface area contributed by atoms with Gasteiger partial charge in [0.2, 0.25) is 0 Å². The summed E-state index contributed by atoms with van der Waals surface area (Å²) in [5.41, 5.74) is 7.05. The largest absolute Gasteiger partial charge is 0.399 e. The molecule has 2 aromatic carbocycles. The van der Waals surface area contributed by atoms with Gasteiger partial charge in [-0.25, -0.2) is 8.78 Å². The molecule has 0 bridgehead atoms. The molecule has 0 atom stereocenters. The fourth-order valence-electron chi connectivity index (χ4n) is 1.81. The first kappa shape index (κ1) is 13.3. The minimum absolute atomic E-state index is 0.0655. The summed E-state index contributed by atoms with van der Waals surface area (Å²) in [7, 11) is 0. The van der Waals surface area contributed by atoms with E-state index < -0.39 is 11.6 Å². The van der Waals surface area contributed by atoms with Crippen molar-refractivity contribution in [3.63, 3.8) is 0 Å². The number of benzene rings is 2. The molecule has 0 spiro atoms. The molecule has 2 aromatic rings. The molecular weight excluding hydrogens is 246 g/mol. The Bertz CT molecular complexity index is 554. The fraction of sp³-hybridized carbons (Fsp3) is 0.200. The van der Waals surface area contributed by atoms with Crippen LogP contribution in [0.15, 0.2) is 36.4 Å². The molecule has 0 saturated carbocycles. The molecule has 0 radical (unpaired) electrons. The molecule has 0 aliphatic rings. The van der Waals surface area contributed by atoms with E-state index in [1.165, 1.54) is 5.56 Å². The standard InChI is InChI=1S/C15H16F2N2/c1-9(2)10-3-5-12(6-4-10)19-15-13(16)7-11(18)8-14(15)17/h3-9,19H,18H2,1-2H3. The van der Waals surface area contributed by atoms with Crippen molar-refractivity contribution in [1.82, 2.24) is 0 Å². The van der Waals surface area contributed by atoms with Gasteiger partial charge in [0.15, 0.2) is 11.6 Å². The van der Waals surface area contributed by atoms with Gasteiger partial charge in [-0.15, -0.1) is 0 Å². The van der Waals surface area contributed by atoms with E-state index in [0.717, 1.165) is 12.1 Å². The van der Waals surface area contributed by atoms with Crippen LogP contribution in [0.4, 0.5) is 25.8 Å². The van der Waals surface area contributed by atoms with Gasteiger partial charge in [0.05, 0.1) is 0 Å². The smallest absolute Gasteiger partial charge is 0.151 e. The highest BCUT2D eigenvalue weighted by Crippen LogP contribution is 2.26. The van der Waals surface area contributed by atoms with Crippen molar-refractivity contribution in [3.05, 3.63) is 53.6 Å². The summed E-state index contributed by atoms with van der Waals surface area (Å²) in [5.74, 6) is -0.991. The summed E-state index contributed by atoms with van der Waals surface area (Å²) in [4.78, 5) is 0. The van der Waals surface area contributed by atoms with Crippen LogP contribution >= 0.6 is 0 Å². The molecule has 4 heteroatoms. The third-order valence-electron chi connectivity index (χ3n) is 2.91. The second kappa shape index (κ2) is 5.26. The third-order valence-corrected chi connectivity index (χ3v) is 2.91. The monoisotopic (exact) mass is 262 g/mol. The van der Waals surface area contributed by atoms with Crippen LogP contribution in [0.3, 0.4) is 0 Å².